The summed E-state index contributed by atoms with van der Waals surface area (Å²) in [5.74, 6) is 0.119. The Hall–Kier alpha value is -2.92. The molecule has 0 radical (unpaired) electrons. The first-order valence-corrected chi connectivity index (χ1v) is 9.74. The van der Waals surface area contributed by atoms with Gasteiger partial charge >= 0.3 is 0 Å². The molecule has 0 fully saturated rings. The Kier molecular flexibility index (Phi) is 5.49. The van der Waals surface area contributed by atoms with Crippen LogP contribution in [0, 0.1) is 0 Å². The van der Waals surface area contributed by atoms with Crippen molar-refractivity contribution in [2.45, 2.75) is 17.7 Å². The molecular formula is C21H19NO3S. The van der Waals surface area contributed by atoms with Crippen LogP contribution >= 0.6 is 0 Å². The van der Waals surface area contributed by atoms with Gasteiger partial charge in [0, 0.05) is 18.5 Å². The van der Waals surface area contributed by atoms with Crippen LogP contribution in [-0.4, -0.2) is 14.2 Å². The standard InChI is InChI=1S/C21H19NO3S/c23-20(15-17-7-3-1-4-8-17)16-18-11-13-19(14-12-18)22-26(24,25)21-9-5-2-6-10-21/h1-14,22H,15-16H2. The summed E-state index contributed by atoms with van der Waals surface area (Å²) < 4.78 is 27.1. The minimum Gasteiger partial charge on any atom is -0.299 e. The van der Waals surface area contributed by atoms with Crippen molar-refractivity contribution in [1.29, 1.82) is 0 Å². The van der Waals surface area contributed by atoms with Gasteiger partial charge in [0.05, 0.1) is 4.90 Å². The summed E-state index contributed by atoms with van der Waals surface area (Å²) in [4.78, 5) is 12.4. The van der Waals surface area contributed by atoms with E-state index in [1.807, 2.05) is 30.3 Å². The highest BCUT2D eigenvalue weighted by Crippen LogP contribution is 2.17. The Bertz CT molecular complexity index is 967. The van der Waals surface area contributed by atoms with Gasteiger partial charge in [-0.1, -0.05) is 60.7 Å². The third-order valence-corrected chi connectivity index (χ3v) is 5.30. The predicted molar refractivity (Wildman–Crippen MR) is 103 cm³/mol. The summed E-state index contributed by atoms with van der Waals surface area (Å²) >= 11 is 0. The van der Waals surface area contributed by atoms with Crippen molar-refractivity contribution >= 4 is 21.5 Å². The molecule has 0 aliphatic heterocycles. The molecule has 0 amide bonds. The summed E-state index contributed by atoms with van der Waals surface area (Å²) in [5.41, 5.74) is 2.31. The van der Waals surface area contributed by atoms with E-state index in [0.717, 1.165) is 11.1 Å². The van der Waals surface area contributed by atoms with E-state index in [4.69, 9.17) is 0 Å². The molecule has 0 saturated heterocycles. The Morgan fingerprint density at radius 3 is 1.77 bits per heavy atom. The quantitative estimate of drug-likeness (QED) is 0.692. The van der Waals surface area contributed by atoms with E-state index < -0.39 is 10.0 Å². The zero-order chi connectivity index (χ0) is 18.4. The number of anilines is 1. The molecule has 3 rings (SSSR count). The maximum atomic E-state index is 12.3. The Morgan fingerprint density at radius 2 is 1.19 bits per heavy atom. The molecule has 4 nitrogen and oxygen atoms in total. The van der Waals surface area contributed by atoms with E-state index in [-0.39, 0.29) is 10.7 Å². The summed E-state index contributed by atoms with van der Waals surface area (Å²) in [6.45, 7) is 0. The molecule has 0 spiro atoms. The van der Waals surface area contributed by atoms with Gasteiger partial charge in [0.2, 0.25) is 0 Å². The first kappa shape index (κ1) is 17.9. The fraction of sp³-hybridized carbons (Fsp3) is 0.0952. The molecular weight excluding hydrogens is 346 g/mol. The fourth-order valence-electron chi connectivity index (χ4n) is 2.62. The highest BCUT2D eigenvalue weighted by molar-refractivity contribution is 7.92. The van der Waals surface area contributed by atoms with E-state index in [2.05, 4.69) is 4.72 Å². The first-order valence-electron chi connectivity index (χ1n) is 8.25. The van der Waals surface area contributed by atoms with Gasteiger partial charge < -0.3 is 0 Å². The van der Waals surface area contributed by atoms with Gasteiger partial charge in [-0.05, 0) is 35.4 Å². The first-order chi connectivity index (χ1) is 12.5. The van der Waals surface area contributed by atoms with Crippen molar-refractivity contribution in [1.82, 2.24) is 0 Å². The highest BCUT2D eigenvalue weighted by Gasteiger charge is 2.13. The minimum absolute atomic E-state index is 0.119. The van der Waals surface area contributed by atoms with Crippen LogP contribution in [-0.2, 0) is 27.7 Å². The maximum absolute atomic E-state index is 12.3. The van der Waals surface area contributed by atoms with E-state index in [9.17, 15) is 13.2 Å². The van der Waals surface area contributed by atoms with Crippen molar-refractivity contribution in [3.63, 3.8) is 0 Å². The summed E-state index contributed by atoms with van der Waals surface area (Å²) in [5, 5.41) is 0. The topological polar surface area (TPSA) is 63.2 Å². The Balaban J connectivity index is 1.62. The van der Waals surface area contributed by atoms with Gasteiger partial charge in [0.25, 0.3) is 10.0 Å². The number of carbonyl (C=O) groups is 1. The summed E-state index contributed by atoms with van der Waals surface area (Å²) in [6, 6.07) is 24.7. The molecule has 0 aromatic heterocycles. The monoisotopic (exact) mass is 365 g/mol. The van der Waals surface area contributed by atoms with Gasteiger partial charge in [-0.2, -0.15) is 0 Å². The third kappa shape index (κ3) is 4.80. The molecule has 0 heterocycles. The number of sulfonamides is 1. The predicted octanol–water partition coefficient (Wildman–Crippen LogP) is 3.84. The lowest BCUT2D eigenvalue weighted by Gasteiger charge is -2.09. The molecule has 0 atom stereocenters. The van der Waals surface area contributed by atoms with E-state index >= 15 is 0 Å². The van der Waals surface area contributed by atoms with Crippen LogP contribution in [0.4, 0.5) is 5.69 Å². The molecule has 1 N–H and O–H groups in total. The van der Waals surface area contributed by atoms with Crippen LogP contribution in [0.3, 0.4) is 0 Å². The molecule has 0 bridgehead atoms. The van der Waals surface area contributed by atoms with Gasteiger partial charge in [-0.25, -0.2) is 8.42 Å². The summed E-state index contributed by atoms with van der Waals surface area (Å²) in [7, 11) is -3.61. The van der Waals surface area contributed by atoms with Crippen molar-refractivity contribution < 1.29 is 13.2 Å². The van der Waals surface area contributed by atoms with Crippen LogP contribution in [0.5, 0.6) is 0 Å². The minimum atomic E-state index is -3.61. The van der Waals surface area contributed by atoms with Crippen LogP contribution in [0.2, 0.25) is 0 Å². The molecule has 5 heteroatoms. The summed E-state index contributed by atoms with van der Waals surface area (Å²) in [6.07, 6.45) is 0.712. The lowest BCUT2D eigenvalue weighted by Crippen LogP contribution is -2.13. The Labute approximate surface area is 153 Å². The molecule has 0 saturated carbocycles. The van der Waals surface area contributed by atoms with Gasteiger partial charge in [0.1, 0.15) is 5.78 Å². The zero-order valence-corrected chi connectivity index (χ0v) is 14.9. The van der Waals surface area contributed by atoms with Crippen LogP contribution in [0.15, 0.2) is 89.8 Å². The number of nitrogens with one attached hydrogen (secondary N) is 1. The number of hydrogen-bond donors (Lipinski definition) is 1. The molecule has 132 valence electrons. The van der Waals surface area contributed by atoms with Crippen molar-refractivity contribution in [3.8, 4) is 0 Å². The second-order valence-corrected chi connectivity index (χ2v) is 7.68. The average molecular weight is 365 g/mol. The second kappa shape index (κ2) is 7.97. The van der Waals surface area contributed by atoms with Crippen LogP contribution < -0.4 is 4.72 Å². The molecule has 0 unspecified atom stereocenters. The van der Waals surface area contributed by atoms with E-state index in [0.29, 0.717) is 18.5 Å². The molecule has 0 aliphatic rings. The van der Waals surface area contributed by atoms with Crippen molar-refractivity contribution in [2.75, 3.05) is 4.72 Å². The zero-order valence-electron chi connectivity index (χ0n) is 14.1. The molecule has 26 heavy (non-hydrogen) atoms. The van der Waals surface area contributed by atoms with Gasteiger partial charge in [0.15, 0.2) is 0 Å². The van der Waals surface area contributed by atoms with Crippen molar-refractivity contribution in [3.05, 3.63) is 96.1 Å². The molecule has 0 aliphatic carbocycles. The van der Waals surface area contributed by atoms with Crippen molar-refractivity contribution in [2.24, 2.45) is 0 Å². The number of rotatable bonds is 7. The van der Waals surface area contributed by atoms with E-state index in [1.165, 1.54) is 0 Å². The smallest absolute Gasteiger partial charge is 0.261 e. The maximum Gasteiger partial charge on any atom is 0.261 e. The van der Waals surface area contributed by atoms with Gasteiger partial charge in [-0.15, -0.1) is 0 Å². The number of carbonyl (C=O) groups excluding carboxylic acids is 1. The Morgan fingerprint density at radius 1 is 0.692 bits per heavy atom. The molecule has 3 aromatic rings. The highest BCUT2D eigenvalue weighted by atomic mass is 32.2. The number of hydrogen-bond acceptors (Lipinski definition) is 3. The number of ketones is 1. The molecule has 3 aromatic carbocycles. The number of benzene rings is 3. The third-order valence-electron chi connectivity index (χ3n) is 3.91. The fourth-order valence-corrected chi connectivity index (χ4v) is 3.70. The largest absolute Gasteiger partial charge is 0.299 e. The van der Waals surface area contributed by atoms with E-state index in [1.54, 1.807) is 54.6 Å². The number of Topliss-reactive ketones (excluding diaryl/α,β-unsaturated/α-hetero) is 1. The average Bonchev–Trinajstić information content (AvgIpc) is 2.65. The SMILES string of the molecule is O=C(Cc1ccccc1)Cc1ccc(NS(=O)(=O)c2ccccc2)cc1. The second-order valence-electron chi connectivity index (χ2n) is 5.99. The van der Waals surface area contributed by atoms with Gasteiger partial charge in [-0.3, -0.25) is 9.52 Å². The lowest BCUT2D eigenvalue weighted by molar-refractivity contribution is -0.117. The normalized spacial score (nSPS) is 11.1. The van der Waals surface area contributed by atoms with Crippen LogP contribution in [0.1, 0.15) is 11.1 Å². The lowest BCUT2D eigenvalue weighted by atomic mass is 10.0. The van der Waals surface area contributed by atoms with Crippen LogP contribution in [0.25, 0.3) is 0 Å².